The summed E-state index contributed by atoms with van der Waals surface area (Å²) in [6.07, 6.45) is 5.78. The van der Waals surface area contributed by atoms with Crippen molar-refractivity contribution in [3.63, 3.8) is 0 Å². The number of thioether (sulfide) groups is 1. The van der Waals surface area contributed by atoms with Gasteiger partial charge in [-0.25, -0.2) is 9.97 Å². The number of rotatable bonds is 4. The normalized spacial score (nSPS) is 21.4. The quantitative estimate of drug-likeness (QED) is 0.875. The van der Waals surface area contributed by atoms with Crippen LogP contribution in [-0.2, 0) is 6.42 Å². The molecule has 0 bridgehead atoms. The van der Waals surface area contributed by atoms with Crippen molar-refractivity contribution >= 4 is 11.8 Å². The van der Waals surface area contributed by atoms with Gasteiger partial charge in [0.05, 0.1) is 5.03 Å². The zero-order valence-corrected chi connectivity index (χ0v) is 12.4. The van der Waals surface area contributed by atoms with Gasteiger partial charge in [-0.05, 0) is 36.6 Å². The fourth-order valence-electron chi connectivity index (χ4n) is 2.82. The topological polar surface area (TPSA) is 37.8 Å². The summed E-state index contributed by atoms with van der Waals surface area (Å²) in [5, 5.41) is 5.24. The molecule has 0 amide bonds. The maximum atomic E-state index is 4.35. The summed E-state index contributed by atoms with van der Waals surface area (Å²) >= 11 is 1.86. The first-order valence-electron chi connectivity index (χ1n) is 7.12. The first-order chi connectivity index (χ1) is 9.88. The van der Waals surface area contributed by atoms with Crippen molar-refractivity contribution in [3.8, 4) is 0 Å². The van der Waals surface area contributed by atoms with Gasteiger partial charge in [0, 0.05) is 17.5 Å². The standard InChI is InChI=1S/C16H19N3S/c1-2-18-16-13-6-4-3-5-12(13)7-8-14(16)20-15-9-10-17-11-19-15/h3-6,9-11,14,16,18H,2,7-8H2,1H3. The van der Waals surface area contributed by atoms with Crippen LogP contribution >= 0.6 is 11.8 Å². The van der Waals surface area contributed by atoms with Gasteiger partial charge in [0.1, 0.15) is 6.33 Å². The third-order valence-corrected chi connectivity index (χ3v) is 5.00. The predicted octanol–water partition coefficient (Wildman–Crippen LogP) is 3.23. The Bertz CT molecular complexity index is 559. The second kappa shape index (κ2) is 6.37. The Balaban J connectivity index is 1.84. The number of nitrogens with zero attached hydrogens (tertiary/aromatic N) is 2. The molecule has 0 saturated carbocycles. The van der Waals surface area contributed by atoms with Gasteiger partial charge in [0.2, 0.25) is 0 Å². The average molecular weight is 285 g/mol. The number of nitrogens with one attached hydrogen (secondary N) is 1. The van der Waals surface area contributed by atoms with Crippen molar-refractivity contribution in [1.29, 1.82) is 0 Å². The molecule has 3 nitrogen and oxygen atoms in total. The summed E-state index contributed by atoms with van der Waals surface area (Å²) in [7, 11) is 0. The minimum absolute atomic E-state index is 0.407. The van der Waals surface area contributed by atoms with Crippen molar-refractivity contribution in [2.75, 3.05) is 6.54 Å². The molecule has 1 aromatic heterocycles. The van der Waals surface area contributed by atoms with Crippen molar-refractivity contribution in [2.45, 2.75) is 36.1 Å². The summed E-state index contributed by atoms with van der Waals surface area (Å²) in [5.74, 6) is 0. The molecule has 1 N–H and O–H groups in total. The number of aryl methyl sites for hydroxylation is 1. The Kier molecular flexibility index (Phi) is 4.33. The molecule has 0 spiro atoms. The molecule has 0 saturated heterocycles. The minimum atomic E-state index is 0.407. The highest BCUT2D eigenvalue weighted by Gasteiger charge is 2.29. The molecule has 2 unspecified atom stereocenters. The van der Waals surface area contributed by atoms with E-state index in [9.17, 15) is 0 Å². The van der Waals surface area contributed by atoms with E-state index in [-0.39, 0.29) is 0 Å². The largest absolute Gasteiger partial charge is 0.309 e. The molecule has 0 fully saturated rings. The number of hydrogen-bond acceptors (Lipinski definition) is 4. The Labute approximate surface area is 124 Å². The van der Waals surface area contributed by atoms with E-state index in [0.717, 1.165) is 18.0 Å². The summed E-state index contributed by atoms with van der Waals surface area (Å²) < 4.78 is 0. The molecule has 1 aromatic carbocycles. The second-order valence-corrected chi connectivity index (χ2v) is 6.24. The summed E-state index contributed by atoms with van der Waals surface area (Å²) in [6, 6.07) is 11.2. The fraction of sp³-hybridized carbons (Fsp3) is 0.375. The Morgan fingerprint density at radius 2 is 2.20 bits per heavy atom. The number of aromatic nitrogens is 2. The maximum Gasteiger partial charge on any atom is 0.116 e. The second-order valence-electron chi connectivity index (χ2n) is 4.98. The van der Waals surface area contributed by atoms with Crippen molar-refractivity contribution in [2.24, 2.45) is 0 Å². The van der Waals surface area contributed by atoms with Crippen molar-refractivity contribution in [1.82, 2.24) is 15.3 Å². The number of hydrogen-bond donors (Lipinski definition) is 1. The van der Waals surface area contributed by atoms with E-state index < -0.39 is 0 Å². The molecule has 1 aliphatic rings. The smallest absolute Gasteiger partial charge is 0.116 e. The molecule has 1 aliphatic carbocycles. The van der Waals surface area contributed by atoms with Gasteiger partial charge < -0.3 is 5.32 Å². The molecular weight excluding hydrogens is 266 g/mol. The van der Waals surface area contributed by atoms with Crippen LogP contribution in [0.15, 0.2) is 47.9 Å². The highest BCUT2D eigenvalue weighted by molar-refractivity contribution is 7.99. The predicted molar refractivity (Wildman–Crippen MR) is 82.9 cm³/mol. The molecule has 20 heavy (non-hydrogen) atoms. The van der Waals surface area contributed by atoms with Gasteiger partial charge in [-0.1, -0.05) is 31.2 Å². The van der Waals surface area contributed by atoms with Gasteiger partial charge in [-0.3, -0.25) is 0 Å². The first-order valence-corrected chi connectivity index (χ1v) is 8.00. The maximum absolute atomic E-state index is 4.35. The van der Waals surface area contributed by atoms with Crippen LogP contribution in [-0.4, -0.2) is 21.8 Å². The monoisotopic (exact) mass is 285 g/mol. The van der Waals surface area contributed by atoms with Gasteiger partial charge >= 0.3 is 0 Å². The molecule has 0 radical (unpaired) electrons. The number of fused-ring (bicyclic) bond motifs is 1. The van der Waals surface area contributed by atoms with Crippen LogP contribution in [0.25, 0.3) is 0 Å². The van der Waals surface area contributed by atoms with E-state index >= 15 is 0 Å². The van der Waals surface area contributed by atoms with Crippen molar-refractivity contribution < 1.29 is 0 Å². The number of benzene rings is 1. The van der Waals surface area contributed by atoms with E-state index in [4.69, 9.17) is 0 Å². The molecule has 2 aromatic rings. The molecule has 1 heterocycles. The molecule has 104 valence electrons. The fourth-order valence-corrected chi connectivity index (χ4v) is 3.99. The molecule has 3 rings (SSSR count). The van der Waals surface area contributed by atoms with E-state index in [2.05, 4.69) is 46.5 Å². The summed E-state index contributed by atoms with van der Waals surface area (Å²) in [4.78, 5) is 8.34. The zero-order chi connectivity index (χ0) is 13.8. The Hall–Kier alpha value is -1.39. The third kappa shape index (κ3) is 2.86. The SMILES string of the molecule is CCNC1c2ccccc2CCC1Sc1ccncn1. The molecule has 4 heteroatoms. The molecular formula is C16H19N3S. The highest BCUT2D eigenvalue weighted by atomic mass is 32.2. The van der Waals surface area contributed by atoms with Crippen LogP contribution in [0.4, 0.5) is 0 Å². The van der Waals surface area contributed by atoms with Gasteiger partial charge in [0.25, 0.3) is 0 Å². The Morgan fingerprint density at radius 1 is 1.30 bits per heavy atom. The van der Waals surface area contributed by atoms with E-state index in [1.807, 2.05) is 24.0 Å². The van der Waals surface area contributed by atoms with Gasteiger partial charge in [-0.15, -0.1) is 11.8 Å². The molecule has 2 atom stereocenters. The van der Waals surface area contributed by atoms with Crippen LogP contribution in [0.3, 0.4) is 0 Å². The van der Waals surface area contributed by atoms with E-state index in [0.29, 0.717) is 11.3 Å². The third-order valence-electron chi connectivity index (χ3n) is 3.71. The van der Waals surface area contributed by atoms with Crippen LogP contribution in [0.5, 0.6) is 0 Å². The zero-order valence-electron chi connectivity index (χ0n) is 11.6. The lowest BCUT2D eigenvalue weighted by molar-refractivity contribution is 0.484. The average Bonchev–Trinajstić information content (AvgIpc) is 2.51. The first kappa shape index (κ1) is 13.6. The van der Waals surface area contributed by atoms with Crippen LogP contribution < -0.4 is 5.32 Å². The van der Waals surface area contributed by atoms with E-state index in [1.165, 1.54) is 17.5 Å². The lowest BCUT2D eigenvalue weighted by Crippen LogP contribution is -2.34. The van der Waals surface area contributed by atoms with Crippen LogP contribution in [0.2, 0.25) is 0 Å². The Morgan fingerprint density at radius 3 is 3.00 bits per heavy atom. The van der Waals surface area contributed by atoms with Crippen LogP contribution in [0, 0.1) is 0 Å². The van der Waals surface area contributed by atoms with Gasteiger partial charge in [0.15, 0.2) is 0 Å². The van der Waals surface area contributed by atoms with Crippen LogP contribution in [0.1, 0.15) is 30.5 Å². The highest BCUT2D eigenvalue weighted by Crippen LogP contribution is 2.39. The summed E-state index contributed by atoms with van der Waals surface area (Å²) in [6.45, 7) is 3.16. The van der Waals surface area contributed by atoms with Gasteiger partial charge in [-0.2, -0.15) is 0 Å². The summed E-state index contributed by atoms with van der Waals surface area (Å²) in [5.41, 5.74) is 2.94. The van der Waals surface area contributed by atoms with E-state index in [1.54, 1.807) is 6.33 Å². The lowest BCUT2D eigenvalue weighted by atomic mass is 9.87. The lowest BCUT2D eigenvalue weighted by Gasteiger charge is -2.33. The van der Waals surface area contributed by atoms with Crippen molar-refractivity contribution in [3.05, 3.63) is 54.0 Å². The minimum Gasteiger partial charge on any atom is -0.309 e. The molecule has 0 aliphatic heterocycles.